The lowest BCUT2D eigenvalue weighted by atomic mass is 9.79. The minimum Gasteiger partial charge on any atom is -0.317 e. The Morgan fingerprint density at radius 2 is 1.16 bits per heavy atom. The monoisotopic (exact) mass is 421 g/mol. The topological polar surface area (TPSA) is 46.2 Å². The van der Waals surface area contributed by atoms with Crippen LogP contribution in [0.2, 0.25) is 0 Å². The van der Waals surface area contributed by atoms with E-state index in [1.54, 1.807) is 0 Å². The van der Waals surface area contributed by atoms with Crippen molar-refractivity contribution < 1.29 is 9.59 Å². The van der Waals surface area contributed by atoms with Gasteiger partial charge in [0.1, 0.15) is 0 Å². The van der Waals surface area contributed by atoms with E-state index in [1.165, 1.54) is 0 Å². The van der Waals surface area contributed by atoms with E-state index in [2.05, 4.69) is 5.32 Å². The summed E-state index contributed by atoms with van der Waals surface area (Å²) in [6, 6.07) is 27.4. The Morgan fingerprint density at radius 1 is 0.688 bits per heavy atom. The summed E-state index contributed by atoms with van der Waals surface area (Å²) in [7, 11) is 0. The minimum absolute atomic E-state index is 0.0572. The molecule has 3 nitrogen and oxygen atoms in total. The zero-order valence-electron chi connectivity index (χ0n) is 18.1. The molecule has 1 N–H and O–H groups in total. The van der Waals surface area contributed by atoms with Crippen LogP contribution >= 0.6 is 0 Å². The van der Waals surface area contributed by atoms with E-state index in [4.69, 9.17) is 0 Å². The van der Waals surface area contributed by atoms with Crippen molar-refractivity contribution in [1.82, 2.24) is 5.32 Å². The van der Waals surface area contributed by atoms with Crippen molar-refractivity contribution >= 4 is 33.1 Å². The molecule has 0 bridgehead atoms. The highest BCUT2D eigenvalue weighted by atomic mass is 16.2. The standard InChI is InChI=1S/C29H27NO2/c31-28(25-13-5-9-21-7-1-3-11-23(21)25)27(19-20-15-17-30-18-16-20)29(32)26-14-6-10-22-8-2-4-12-24(22)26/h1-14,20,27,30H,15-19H2. The summed E-state index contributed by atoms with van der Waals surface area (Å²) in [5, 5.41) is 7.27. The normalized spacial score (nSPS) is 14.8. The number of benzene rings is 4. The van der Waals surface area contributed by atoms with E-state index in [1.807, 2.05) is 84.9 Å². The van der Waals surface area contributed by atoms with Crippen LogP contribution in [-0.2, 0) is 0 Å². The minimum atomic E-state index is -0.672. The molecule has 4 aromatic carbocycles. The highest BCUT2D eigenvalue weighted by Crippen LogP contribution is 2.31. The van der Waals surface area contributed by atoms with Crippen molar-refractivity contribution in [3.63, 3.8) is 0 Å². The number of fused-ring (bicyclic) bond motifs is 2. The average Bonchev–Trinajstić information content (AvgIpc) is 2.86. The molecule has 0 aliphatic carbocycles. The summed E-state index contributed by atoms with van der Waals surface area (Å²) in [6.45, 7) is 1.89. The van der Waals surface area contributed by atoms with Crippen molar-refractivity contribution in [2.45, 2.75) is 19.3 Å². The van der Waals surface area contributed by atoms with Crippen LogP contribution in [0, 0.1) is 11.8 Å². The van der Waals surface area contributed by atoms with Gasteiger partial charge in [-0.1, -0.05) is 84.9 Å². The fourth-order valence-corrected chi connectivity index (χ4v) is 5.04. The maximum atomic E-state index is 13.9. The molecule has 1 heterocycles. The van der Waals surface area contributed by atoms with Gasteiger partial charge < -0.3 is 5.32 Å². The molecule has 3 heteroatoms. The largest absolute Gasteiger partial charge is 0.317 e. The molecule has 5 rings (SSSR count). The first-order chi connectivity index (χ1) is 15.7. The van der Waals surface area contributed by atoms with Crippen LogP contribution in [0.1, 0.15) is 40.0 Å². The number of hydrogen-bond donors (Lipinski definition) is 1. The van der Waals surface area contributed by atoms with Gasteiger partial charge in [-0.15, -0.1) is 0 Å². The van der Waals surface area contributed by atoms with Crippen LogP contribution < -0.4 is 5.32 Å². The van der Waals surface area contributed by atoms with Gasteiger partial charge in [0.05, 0.1) is 5.92 Å². The van der Waals surface area contributed by atoms with Gasteiger partial charge in [-0.05, 0) is 59.8 Å². The quantitative estimate of drug-likeness (QED) is 0.304. The zero-order chi connectivity index (χ0) is 21.9. The Bertz CT molecular complexity index is 1180. The lowest BCUT2D eigenvalue weighted by Gasteiger charge is -2.26. The molecule has 160 valence electrons. The third kappa shape index (κ3) is 3.96. The average molecular weight is 422 g/mol. The first-order valence-electron chi connectivity index (χ1n) is 11.5. The van der Waals surface area contributed by atoms with Gasteiger partial charge in [0.25, 0.3) is 0 Å². The third-order valence-electron chi connectivity index (χ3n) is 6.77. The number of carbonyl (C=O) groups excluding carboxylic acids is 2. The van der Waals surface area contributed by atoms with Crippen LogP contribution in [0.4, 0.5) is 0 Å². The number of nitrogens with one attached hydrogen (secondary N) is 1. The zero-order valence-corrected chi connectivity index (χ0v) is 18.1. The highest BCUT2D eigenvalue weighted by Gasteiger charge is 2.33. The third-order valence-corrected chi connectivity index (χ3v) is 6.77. The predicted molar refractivity (Wildman–Crippen MR) is 130 cm³/mol. The van der Waals surface area contributed by atoms with E-state index in [9.17, 15) is 9.59 Å². The summed E-state index contributed by atoms with van der Waals surface area (Å²) in [5.41, 5.74) is 1.30. The van der Waals surface area contributed by atoms with Gasteiger partial charge in [-0.25, -0.2) is 0 Å². The molecule has 1 saturated heterocycles. The maximum absolute atomic E-state index is 13.9. The summed E-state index contributed by atoms with van der Waals surface area (Å²) < 4.78 is 0. The lowest BCUT2D eigenvalue weighted by Crippen LogP contribution is -2.33. The second-order valence-corrected chi connectivity index (χ2v) is 8.76. The Kier molecular flexibility index (Phi) is 5.83. The van der Waals surface area contributed by atoms with Crippen molar-refractivity contribution in [3.8, 4) is 0 Å². The molecule has 32 heavy (non-hydrogen) atoms. The summed E-state index contributed by atoms with van der Waals surface area (Å²) in [4.78, 5) is 27.9. The van der Waals surface area contributed by atoms with Crippen molar-refractivity contribution in [1.29, 1.82) is 0 Å². The fourth-order valence-electron chi connectivity index (χ4n) is 5.04. The molecule has 1 aliphatic rings. The summed E-state index contributed by atoms with van der Waals surface area (Å²) in [5.74, 6) is -0.412. The van der Waals surface area contributed by atoms with E-state index in [0.29, 0.717) is 23.5 Å². The molecule has 0 amide bonds. The molecule has 0 saturated carbocycles. The number of hydrogen-bond acceptors (Lipinski definition) is 3. The number of piperidine rings is 1. The number of ketones is 2. The number of rotatable bonds is 6. The van der Waals surface area contributed by atoms with Crippen LogP contribution in [0.15, 0.2) is 84.9 Å². The van der Waals surface area contributed by atoms with Crippen LogP contribution in [0.25, 0.3) is 21.5 Å². The van der Waals surface area contributed by atoms with Gasteiger partial charge in [0.2, 0.25) is 0 Å². The fraction of sp³-hybridized carbons (Fsp3) is 0.241. The number of Topliss-reactive ketones (excluding diaryl/α,β-unsaturated/α-hetero) is 2. The van der Waals surface area contributed by atoms with Gasteiger partial charge in [0.15, 0.2) is 11.6 Å². The second-order valence-electron chi connectivity index (χ2n) is 8.76. The van der Waals surface area contributed by atoms with Gasteiger partial charge >= 0.3 is 0 Å². The lowest BCUT2D eigenvalue weighted by molar-refractivity contribution is 0.0778. The van der Waals surface area contributed by atoms with E-state index in [-0.39, 0.29) is 11.6 Å². The molecule has 0 aromatic heterocycles. The Labute approximate surface area is 188 Å². The maximum Gasteiger partial charge on any atom is 0.174 e. The molecule has 4 aromatic rings. The van der Waals surface area contributed by atoms with Gasteiger partial charge in [0, 0.05) is 11.1 Å². The van der Waals surface area contributed by atoms with E-state index >= 15 is 0 Å². The SMILES string of the molecule is O=C(c1cccc2ccccc12)C(CC1CCNCC1)C(=O)c1cccc2ccccc12. The molecule has 0 atom stereocenters. The first-order valence-corrected chi connectivity index (χ1v) is 11.5. The second kappa shape index (κ2) is 9.05. The Morgan fingerprint density at radius 3 is 1.69 bits per heavy atom. The smallest absolute Gasteiger partial charge is 0.174 e. The molecular formula is C29H27NO2. The highest BCUT2D eigenvalue weighted by molar-refractivity contribution is 6.22. The van der Waals surface area contributed by atoms with Gasteiger partial charge in [-0.2, -0.15) is 0 Å². The predicted octanol–water partition coefficient (Wildman–Crippen LogP) is 6.06. The molecule has 1 aliphatic heterocycles. The van der Waals surface area contributed by atoms with E-state index < -0.39 is 5.92 Å². The van der Waals surface area contributed by atoms with Gasteiger partial charge in [-0.3, -0.25) is 9.59 Å². The molecule has 0 spiro atoms. The van der Waals surface area contributed by atoms with E-state index in [0.717, 1.165) is 47.5 Å². The van der Waals surface area contributed by atoms with Crippen LogP contribution in [0.5, 0.6) is 0 Å². The molecule has 0 radical (unpaired) electrons. The van der Waals surface area contributed by atoms with Crippen LogP contribution in [0.3, 0.4) is 0 Å². The van der Waals surface area contributed by atoms with Crippen LogP contribution in [-0.4, -0.2) is 24.7 Å². The van der Waals surface area contributed by atoms with Crippen molar-refractivity contribution in [2.75, 3.05) is 13.1 Å². The Hall–Kier alpha value is -3.30. The van der Waals surface area contributed by atoms with Crippen molar-refractivity contribution in [3.05, 3.63) is 96.1 Å². The summed E-state index contributed by atoms with van der Waals surface area (Å²) >= 11 is 0. The molecule has 1 fully saturated rings. The Balaban J connectivity index is 1.58. The molecular weight excluding hydrogens is 394 g/mol. The number of carbonyl (C=O) groups is 2. The summed E-state index contributed by atoms with van der Waals surface area (Å²) in [6.07, 6.45) is 2.61. The first kappa shape index (κ1) is 20.6. The molecule has 0 unspecified atom stereocenters. The van der Waals surface area contributed by atoms with Crippen molar-refractivity contribution in [2.24, 2.45) is 11.8 Å².